The van der Waals surface area contributed by atoms with Gasteiger partial charge in [0.1, 0.15) is 5.65 Å². The summed E-state index contributed by atoms with van der Waals surface area (Å²) in [7, 11) is 3.11. The molecule has 0 radical (unpaired) electrons. The lowest BCUT2D eigenvalue weighted by atomic mass is 10.2. The van der Waals surface area contributed by atoms with E-state index in [0.29, 0.717) is 41.8 Å². The first kappa shape index (κ1) is 21.9. The van der Waals surface area contributed by atoms with Gasteiger partial charge in [0.05, 0.1) is 14.2 Å². The highest BCUT2D eigenvalue weighted by Gasteiger charge is 2.04. The van der Waals surface area contributed by atoms with Crippen molar-refractivity contribution in [2.45, 2.75) is 6.54 Å². The first-order chi connectivity index (χ1) is 15.1. The molecule has 0 fully saturated rings. The highest BCUT2D eigenvalue weighted by molar-refractivity contribution is 7.80. The Bertz CT molecular complexity index is 1130. The van der Waals surface area contributed by atoms with E-state index in [1.807, 2.05) is 18.3 Å². The number of aromatic amines is 1. The van der Waals surface area contributed by atoms with Gasteiger partial charge < -0.3 is 30.4 Å². The number of hydrogen-bond acceptors (Lipinski definition) is 5. The Kier molecular flexibility index (Phi) is 7.67. The summed E-state index contributed by atoms with van der Waals surface area (Å²) < 4.78 is 10.4. The molecule has 9 heteroatoms. The van der Waals surface area contributed by atoms with E-state index in [-0.39, 0.29) is 5.91 Å². The molecule has 0 saturated carbocycles. The monoisotopic (exact) mass is 437 g/mol. The van der Waals surface area contributed by atoms with E-state index in [9.17, 15) is 4.79 Å². The second-order valence-electron chi connectivity index (χ2n) is 6.40. The lowest BCUT2D eigenvalue weighted by Crippen LogP contribution is -2.39. The Balaban J connectivity index is 1.39. The van der Waals surface area contributed by atoms with Gasteiger partial charge in [0.25, 0.3) is 5.91 Å². The van der Waals surface area contributed by atoms with Crippen LogP contribution in [0.5, 0.6) is 11.5 Å². The van der Waals surface area contributed by atoms with Crippen LogP contribution in [0.4, 0.5) is 0 Å². The molecular weight excluding hydrogens is 414 g/mol. The largest absolute Gasteiger partial charge is 0.493 e. The topological polar surface area (TPSA) is 100 Å². The van der Waals surface area contributed by atoms with Gasteiger partial charge >= 0.3 is 0 Å². The summed E-state index contributed by atoms with van der Waals surface area (Å²) in [6.07, 6.45) is 3.61. The fourth-order valence-electron chi connectivity index (χ4n) is 2.85. The standard InChI is InChI=1S/C22H23N5O3S/c1-29-18-5-3-15(13-19(18)30-2)4-6-20(28)23-11-12-26-22(31)27-14-16-7-9-24-21-17(16)8-10-25-21/h3,5,7-10,13H,11-12,14H2,1-2H3,(H,23,28)(H,24,25)(H2,26,27,31). The zero-order valence-electron chi connectivity index (χ0n) is 17.2. The molecule has 0 atom stereocenters. The molecule has 4 N–H and O–H groups in total. The van der Waals surface area contributed by atoms with Crippen molar-refractivity contribution in [3.05, 3.63) is 53.9 Å². The van der Waals surface area contributed by atoms with Crippen LogP contribution in [0.25, 0.3) is 11.0 Å². The Morgan fingerprint density at radius 1 is 1.10 bits per heavy atom. The average Bonchev–Trinajstić information content (AvgIpc) is 3.28. The van der Waals surface area contributed by atoms with Crippen molar-refractivity contribution in [3.63, 3.8) is 0 Å². The summed E-state index contributed by atoms with van der Waals surface area (Å²) in [4.78, 5) is 19.3. The van der Waals surface area contributed by atoms with Crippen LogP contribution in [-0.4, -0.2) is 48.3 Å². The van der Waals surface area contributed by atoms with Gasteiger partial charge in [0, 0.05) is 48.9 Å². The Labute approximate surface area is 185 Å². The lowest BCUT2D eigenvalue weighted by Gasteiger charge is -2.11. The van der Waals surface area contributed by atoms with Crippen molar-refractivity contribution in [1.82, 2.24) is 25.9 Å². The SMILES string of the molecule is COc1ccc(C#CC(=O)NCCNC(=S)NCc2ccnc3[nH]ccc23)cc1OC. The van der Waals surface area contributed by atoms with Crippen molar-refractivity contribution in [2.75, 3.05) is 27.3 Å². The molecule has 1 aromatic carbocycles. The van der Waals surface area contributed by atoms with Crippen LogP contribution in [0.1, 0.15) is 11.1 Å². The Morgan fingerprint density at radius 3 is 2.71 bits per heavy atom. The summed E-state index contributed by atoms with van der Waals surface area (Å²) in [5, 5.41) is 10.5. The van der Waals surface area contributed by atoms with Gasteiger partial charge in [-0.05, 0) is 48.1 Å². The average molecular weight is 438 g/mol. The third-order valence-electron chi connectivity index (χ3n) is 4.39. The first-order valence-electron chi connectivity index (χ1n) is 9.55. The minimum atomic E-state index is -0.373. The number of H-pyrrole nitrogens is 1. The third kappa shape index (κ3) is 6.10. The number of ether oxygens (including phenoxy) is 2. The van der Waals surface area contributed by atoms with E-state index in [0.717, 1.165) is 16.6 Å². The van der Waals surface area contributed by atoms with Crippen molar-refractivity contribution in [2.24, 2.45) is 0 Å². The summed E-state index contributed by atoms with van der Waals surface area (Å²) >= 11 is 5.29. The number of nitrogens with zero attached hydrogens (tertiary/aromatic N) is 1. The zero-order chi connectivity index (χ0) is 22.1. The third-order valence-corrected chi connectivity index (χ3v) is 4.68. The van der Waals surface area contributed by atoms with Crippen LogP contribution < -0.4 is 25.4 Å². The number of thiocarbonyl (C=S) groups is 1. The quantitative estimate of drug-likeness (QED) is 0.254. The number of carbonyl (C=O) groups excluding carboxylic acids is 1. The smallest absolute Gasteiger partial charge is 0.296 e. The molecule has 0 saturated heterocycles. The number of nitrogens with one attached hydrogen (secondary N) is 4. The van der Waals surface area contributed by atoms with Crippen LogP contribution in [-0.2, 0) is 11.3 Å². The first-order valence-corrected chi connectivity index (χ1v) is 9.96. The molecule has 8 nitrogen and oxygen atoms in total. The molecule has 0 aliphatic rings. The number of methoxy groups -OCH3 is 2. The van der Waals surface area contributed by atoms with E-state index >= 15 is 0 Å². The van der Waals surface area contributed by atoms with Gasteiger partial charge in [-0.2, -0.15) is 0 Å². The van der Waals surface area contributed by atoms with E-state index in [2.05, 4.69) is 37.8 Å². The molecule has 2 aromatic heterocycles. The predicted molar refractivity (Wildman–Crippen MR) is 123 cm³/mol. The normalized spacial score (nSPS) is 10.0. The number of amides is 1. The molecule has 160 valence electrons. The Hall–Kier alpha value is -3.77. The van der Waals surface area contributed by atoms with Crippen molar-refractivity contribution in [3.8, 4) is 23.3 Å². The lowest BCUT2D eigenvalue weighted by molar-refractivity contribution is -0.115. The van der Waals surface area contributed by atoms with Crippen LogP contribution in [0, 0.1) is 11.8 Å². The highest BCUT2D eigenvalue weighted by Crippen LogP contribution is 2.27. The molecule has 2 heterocycles. The minimum Gasteiger partial charge on any atom is -0.493 e. The fourth-order valence-corrected chi connectivity index (χ4v) is 3.02. The van der Waals surface area contributed by atoms with Gasteiger partial charge in [0.15, 0.2) is 16.6 Å². The summed E-state index contributed by atoms with van der Waals surface area (Å²) in [5.74, 6) is 6.15. The van der Waals surface area contributed by atoms with Gasteiger partial charge in [0.2, 0.25) is 0 Å². The number of carbonyl (C=O) groups is 1. The number of rotatable bonds is 7. The molecule has 3 aromatic rings. The van der Waals surface area contributed by atoms with Crippen LogP contribution in [0.3, 0.4) is 0 Å². The van der Waals surface area contributed by atoms with Crippen molar-refractivity contribution in [1.29, 1.82) is 0 Å². The maximum absolute atomic E-state index is 11.9. The molecule has 3 rings (SSSR count). The summed E-state index contributed by atoms with van der Waals surface area (Å²) in [5.41, 5.74) is 2.59. The maximum Gasteiger partial charge on any atom is 0.296 e. The summed E-state index contributed by atoms with van der Waals surface area (Å²) in [6.45, 7) is 1.44. The number of aromatic nitrogens is 2. The van der Waals surface area contributed by atoms with Crippen LogP contribution in [0.2, 0.25) is 0 Å². The van der Waals surface area contributed by atoms with Gasteiger partial charge in [-0.15, -0.1) is 0 Å². The van der Waals surface area contributed by atoms with Gasteiger partial charge in [-0.1, -0.05) is 5.92 Å². The van der Waals surface area contributed by atoms with Crippen LogP contribution in [0.15, 0.2) is 42.7 Å². The van der Waals surface area contributed by atoms with Crippen LogP contribution >= 0.6 is 12.2 Å². The number of fused-ring (bicyclic) bond motifs is 1. The molecule has 0 spiro atoms. The second-order valence-corrected chi connectivity index (χ2v) is 6.80. The second kappa shape index (κ2) is 10.8. The molecule has 1 amide bonds. The van der Waals surface area contributed by atoms with Gasteiger partial charge in [-0.25, -0.2) is 4.98 Å². The zero-order valence-corrected chi connectivity index (χ0v) is 18.1. The maximum atomic E-state index is 11.9. The highest BCUT2D eigenvalue weighted by atomic mass is 32.1. The Morgan fingerprint density at radius 2 is 1.90 bits per heavy atom. The number of benzene rings is 1. The van der Waals surface area contributed by atoms with E-state index in [1.54, 1.807) is 38.6 Å². The van der Waals surface area contributed by atoms with E-state index in [4.69, 9.17) is 21.7 Å². The van der Waals surface area contributed by atoms with Crippen molar-refractivity contribution >= 4 is 34.3 Å². The van der Waals surface area contributed by atoms with E-state index in [1.165, 1.54) is 0 Å². The molecule has 0 aliphatic heterocycles. The molecule has 0 unspecified atom stereocenters. The predicted octanol–water partition coefficient (Wildman–Crippen LogP) is 1.71. The number of hydrogen-bond donors (Lipinski definition) is 4. The van der Waals surface area contributed by atoms with Crippen molar-refractivity contribution < 1.29 is 14.3 Å². The fraction of sp³-hybridized carbons (Fsp3) is 0.227. The molecule has 0 aliphatic carbocycles. The minimum absolute atomic E-state index is 0.373. The molecule has 0 bridgehead atoms. The van der Waals surface area contributed by atoms with E-state index < -0.39 is 0 Å². The summed E-state index contributed by atoms with van der Waals surface area (Å²) in [6, 6.07) is 9.15. The molecular formula is C22H23N5O3S. The van der Waals surface area contributed by atoms with Gasteiger partial charge in [-0.3, -0.25) is 4.79 Å². The molecule has 31 heavy (non-hydrogen) atoms. The number of pyridine rings is 1.